The van der Waals surface area contributed by atoms with Gasteiger partial charge in [0.2, 0.25) is 10.0 Å². The number of aromatic nitrogens is 3. The molecule has 0 atom stereocenters. The lowest BCUT2D eigenvalue weighted by atomic mass is 10.3. The van der Waals surface area contributed by atoms with Gasteiger partial charge in [0.25, 0.3) is 0 Å². The lowest BCUT2D eigenvalue weighted by Gasteiger charge is -2.21. The van der Waals surface area contributed by atoms with Gasteiger partial charge in [-0.1, -0.05) is 19.0 Å². The fraction of sp³-hybridized carbons (Fsp3) is 0.625. The van der Waals surface area contributed by atoms with Crippen molar-refractivity contribution in [1.29, 1.82) is 0 Å². The average molecular weight is 354 g/mol. The first kappa shape index (κ1) is 18.7. The van der Waals surface area contributed by atoms with Crippen molar-refractivity contribution in [2.45, 2.75) is 58.9 Å². The summed E-state index contributed by atoms with van der Waals surface area (Å²) in [5.74, 6) is 0.654. The Morgan fingerprint density at radius 3 is 2.29 bits per heavy atom. The Morgan fingerprint density at radius 1 is 1.17 bits per heavy atom. The summed E-state index contributed by atoms with van der Waals surface area (Å²) in [6.45, 7) is 10.7. The first-order valence-electron chi connectivity index (χ1n) is 8.27. The number of nitrogens with zero attached hydrogens (tertiary/aromatic N) is 4. The van der Waals surface area contributed by atoms with Crippen LogP contribution < -0.4 is 0 Å². The molecule has 2 heterocycles. The Labute approximate surface area is 143 Å². The molecule has 0 radical (unpaired) electrons. The number of aryl methyl sites for hydroxylation is 2. The van der Waals surface area contributed by atoms with E-state index in [9.17, 15) is 8.42 Å². The smallest absolute Gasteiger partial charge is 0.246 e. The lowest BCUT2D eigenvalue weighted by molar-refractivity contribution is 0.366. The summed E-state index contributed by atoms with van der Waals surface area (Å²) in [4.78, 5) is 0.306. The van der Waals surface area contributed by atoms with Crippen LogP contribution >= 0.6 is 0 Å². The van der Waals surface area contributed by atoms with Gasteiger partial charge in [0.15, 0.2) is 5.76 Å². The minimum absolute atomic E-state index is 0.306. The summed E-state index contributed by atoms with van der Waals surface area (Å²) in [6, 6.07) is 1.82. The summed E-state index contributed by atoms with van der Waals surface area (Å²) in [5.41, 5.74) is 1.93. The van der Waals surface area contributed by atoms with Crippen LogP contribution in [0.3, 0.4) is 0 Å². The first-order chi connectivity index (χ1) is 11.3. The Hall–Kier alpha value is -1.67. The van der Waals surface area contributed by atoms with Crippen molar-refractivity contribution in [1.82, 2.24) is 19.2 Å². The molecule has 2 aromatic heterocycles. The van der Waals surface area contributed by atoms with Gasteiger partial charge in [-0.05, 0) is 33.6 Å². The molecule has 0 aliphatic carbocycles. The summed E-state index contributed by atoms with van der Waals surface area (Å²) in [7, 11) is -3.55. The summed E-state index contributed by atoms with van der Waals surface area (Å²) in [5, 5.41) is 8.26. The molecule has 0 fully saturated rings. The molecule has 24 heavy (non-hydrogen) atoms. The van der Waals surface area contributed by atoms with Gasteiger partial charge in [0, 0.05) is 19.2 Å². The quantitative estimate of drug-likeness (QED) is 0.728. The predicted octanol–water partition coefficient (Wildman–Crippen LogP) is 2.66. The molecule has 0 bridgehead atoms. The molecule has 0 aromatic carbocycles. The molecule has 0 saturated carbocycles. The standard InChI is InChI=1S/C16H26N4O3S/c1-6-8-19(9-7-2)24(21,22)16-13(4)17-20(14(16)5)11-15-10-12(3)18-23-15/h10H,6-9,11H2,1-5H3. The van der Waals surface area contributed by atoms with E-state index in [1.807, 2.05) is 26.8 Å². The van der Waals surface area contributed by atoms with E-state index in [4.69, 9.17) is 4.52 Å². The molecule has 0 saturated heterocycles. The third-order valence-electron chi connectivity index (χ3n) is 3.84. The van der Waals surface area contributed by atoms with Crippen LogP contribution in [0.1, 0.15) is 49.5 Å². The van der Waals surface area contributed by atoms with Gasteiger partial charge in [-0.15, -0.1) is 0 Å². The van der Waals surface area contributed by atoms with Crippen molar-refractivity contribution >= 4 is 10.0 Å². The Morgan fingerprint density at radius 2 is 1.79 bits per heavy atom. The second kappa shape index (κ2) is 7.48. The van der Waals surface area contributed by atoms with E-state index in [2.05, 4.69) is 10.3 Å². The maximum atomic E-state index is 13.1. The molecule has 0 spiro atoms. The van der Waals surface area contributed by atoms with E-state index in [0.717, 1.165) is 18.5 Å². The van der Waals surface area contributed by atoms with Crippen LogP contribution in [-0.4, -0.2) is 40.7 Å². The molecule has 0 aliphatic rings. The van der Waals surface area contributed by atoms with Crippen molar-refractivity contribution in [3.05, 3.63) is 28.9 Å². The van der Waals surface area contributed by atoms with Gasteiger partial charge in [0.05, 0.1) is 17.1 Å². The highest BCUT2D eigenvalue weighted by Gasteiger charge is 2.30. The second-order valence-electron chi connectivity index (χ2n) is 6.00. The number of hydrogen-bond donors (Lipinski definition) is 0. The zero-order valence-electron chi connectivity index (χ0n) is 15.0. The van der Waals surface area contributed by atoms with Crippen LogP contribution in [0.15, 0.2) is 15.5 Å². The molecule has 0 amide bonds. The van der Waals surface area contributed by atoms with E-state index in [1.165, 1.54) is 0 Å². The minimum Gasteiger partial charge on any atom is -0.359 e. The Bertz CT molecular complexity index is 786. The van der Waals surface area contributed by atoms with E-state index < -0.39 is 10.0 Å². The van der Waals surface area contributed by atoms with E-state index in [1.54, 1.807) is 22.8 Å². The van der Waals surface area contributed by atoms with Gasteiger partial charge >= 0.3 is 0 Å². The topological polar surface area (TPSA) is 81.2 Å². The van der Waals surface area contributed by atoms with Gasteiger partial charge in [-0.2, -0.15) is 9.40 Å². The van der Waals surface area contributed by atoms with Crippen LogP contribution in [0.5, 0.6) is 0 Å². The molecule has 2 aromatic rings. The van der Waals surface area contributed by atoms with E-state index >= 15 is 0 Å². The lowest BCUT2D eigenvalue weighted by Crippen LogP contribution is -2.33. The zero-order valence-corrected chi connectivity index (χ0v) is 15.9. The van der Waals surface area contributed by atoms with Crippen LogP contribution in [0, 0.1) is 20.8 Å². The zero-order chi connectivity index (χ0) is 17.9. The third kappa shape index (κ3) is 3.70. The first-order valence-corrected chi connectivity index (χ1v) is 9.71. The van der Waals surface area contributed by atoms with Gasteiger partial charge in [-0.25, -0.2) is 8.42 Å². The Balaban J connectivity index is 2.39. The van der Waals surface area contributed by atoms with Crippen molar-refractivity contribution in [2.24, 2.45) is 0 Å². The molecule has 0 aliphatic heterocycles. The highest BCUT2D eigenvalue weighted by atomic mass is 32.2. The molecular formula is C16H26N4O3S. The van der Waals surface area contributed by atoms with E-state index in [-0.39, 0.29) is 0 Å². The molecule has 2 rings (SSSR count). The SMILES string of the molecule is CCCN(CCC)S(=O)(=O)c1c(C)nn(Cc2cc(C)no2)c1C. The Kier molecular flexibility index (Phi) is 5.82. The fourth-order valence-electron chi connectivity index (χ4n) is 2.83. The second-order valence-corrected chi connectivity index (χ2v) is 7.87. The normalized spacial score (nSPS) is 12.2. The fourth-order valence-corrected chi connectivity index (χ4v) is 4.82. The van der Waals surface area contributed by atoms with Crippen LogP contribution in [0.4, 0.5) is 0 Å². The monoisotopic (exact) mass is 354 g/mol. The molecule has 7 nitrogen and oxygen atoms in total. The van der Waals surface area contributed by atoms with Crippen LogP contribution in [0.2, 0.25) is 0 Å². The van der Waals surface area contributed by atoms with Crippen LogP contribution in [0.25, 0.3) is 0 Å². The molecular weight excluding hydrogens is 328 g/mol. The number of hydrogen-bond acceptors (Lipinski definition) is 5. The highest BCUT2D eigenvalue weighted by Crippen LogP contribution is 2.24. The van der Waals surface area contributed by atoms with Crippen molar-refractivity contribution in [3.63, 3.8) is 0 Å². The average Bonchev–Trinajstić information content (AvgIpc) is 3.03. The molecule has 8 heteroatoms. The third-order valence-corrected chi connectivity index (χ3v) is 5.99. The predicted molar refractivity (Wildman–Crippen MR) is 91.4 cm³/mol. The van der Waals surface area contributed by atoms with Crippen molar-refractivity contribution in [3.8, 4) is 0 Å². The number of rotatable bonds is 8. The molecule has 0 unspecified atom stereocenters. The number of sulfonamides is 1. The van der Waals surface area contributed by atoms with Crippen LogP contribution in [-0.2, 0) is 16.6 Å². The van der Waals surface area contributed by atoms with Gasteiger partial charge in [-0.3, -0.25) is 4.68 Å². The summed E-state index contributed by atoms with van der Waals surface area (Å²) < 4.78 is 34.5. The van der Waals surface area contributed by atoms with Gasteiger partial charge < -0.3 is 4.52 Å². The minimum atomic E-state index is -3.55. The van der Waals surface area contributed by atoms with Gasteiger partial charge in [0.1, 0.15) is 11.4 Å². The summed E-state index contributed by atoms with van der Waals surface area (Å²) >= 11 is 0. The van der Waals surface area contributed by atoms with E-state index in [0.29, 0.717) is 41.7 Å². The van der Waals surface area contributed by atoms with Crippen molar-refractivity contribution in [2.75, 3.05) is 13.1 Å². The molecule has 134 valence electrons. The van der Waals surface area contributed by atoms with Crippen molar-refractivity contribution < 1.29 is 12.9 Å². The maximum Gasteiger partial charge on any atom is 0.246 e. The maximum absolute atomic E-state index is 13.1. The summed E-state index contributed by atoms with van der Waals surface area (Å²) in [6.07, 6.45) is 1.56. The largest absolute Gasteiger partial charge is 0.359 e. The molecule has 0 N–H and O–H groups in total. The highest BCUT2D eigenvalue weighted by molar-refractivity contribution is 7.89.